The zero-order valence-corrected chi connectivity index (χ0v) is 15.9. The lowest BCUT2D eigenvalue weighted by molar-refractivity contribution is -0.0503. The summed E-state index contributed by atoms with van der Waals surface area (Å²) in [5.74, 6) is 0.364. The average Bonchev–Trinajstić information content (AvgIpc) is 2.69. The van der Waals surface area contributed by atoms with E-state index in [-0.39, 0.29) is 17.2 Å². The fourth-order valence-electron chi connectivity index (χ4n) is 3.01. The molecule has 3 rings (SSSR count). The first kappa shape index (κ1) is 20.4. The molecule has 2 aromatic rings. The van der Waals surface area contributed by atoms with Crippen molar-refractivity contribution in [1.82, 2.24) is 9.80 Å². The van der Waals surface area contributed by atoms with E-state index >= 15 is 0 Å². The van der Waals surface area contributed by atoms with Crippen LogP contribution < -0.4 is 9.47 Å². The fraction of sp³-hybridized carbons (Fsp3) is 0.350. The van der Waals surface area contributed by atoms with Crippen LogP contribution in [0, 0.1) is 0 Å². The Morgan fingerprint density at radius 1 is 1.04 bits per heavy atom. The number of piperazine rings is 1. The van der Waals surface area contributed by atoms with E-state index in [9.17, 15) is 13.6 Å². The number of carbonyl (C=O) groups is 1. The Kier molecular flexibility index (Phi) is 7.06. The smallest absolute Gasteiger partial charge is 0.387 e. The van der Waals surface area contributed by atoms with Crippen LogP contribution in [0.1, 0.15) is 10.4 Å². The van der Waals surface area contributed by atoms with Crippen molar-refractivity contribution in [1.29, 1.82) is 0 Å². The van der Waals surface area contributed by atoms with Gasteiger partial charge in [0.15, 0.2) is 0 Å². The second kappa shape index (κ2) is 9.71. The average molecular weight is 411 g/mol. The molecule has 0 aromatic heterocycles. The molecule has 0 unspecified atom stereocenters. The van der Waals surface area contributed by atoms with E-state index in [0.29, 0.717) is 37.8 Å². The first-order valence-corrected chi connectivity index (χ1v) is 9.34. The van der Waals surface area contributed by atoms with Crippen molar-refractivity contribution in [2.75, 3.05) is 39.3 Å². The summed E-state index contributed by atoms with van der Waals surface area (Å²) >= 11 is 5.84. The maximum atomic E-state index is 12.7. The number of benzene rings is 2. The largest absolute Gasteiger partial charge is 0.492 e. The molecule has 0 saturated carbocycles. The van der Waals surface area contributed by atoms with Gasteiger partial charge in [0.25, 0.3) is 5.91 Å². The summed E-state index contributed by atoms with van der Waals surface area (Å²) in [5.41, 5.74) is 0.155. The molecule has 0 N–H and O–H groups in total. The van der Waals surface area contributed by atoms with E-state index in [1.165, 1.54) is 12.1 Å². The topological polar surface area (TPSA) is 42.0 Å². The van der Waals surface area contributed by atoms with Gasteiger partial charge in [-0.2, -0.15) is 8.78 Å². The number of ether oxygens (including phenoxy) is 2. The summed E-state index contributed by atoms with van der Waals surface area (Å²) in [6.45, 7) is 0.704. The minimum Gasteiger partial charge on any atom is -0.492 e. The molecular formula is C20H21ClF2N2O3. The minimum atomic E-state index is -2.97. The number of para-hydroxylation sites is 1. The van der Waals surface area contributed by atoms with Gasteiger partial charge in [-0.1, -0.05) is 23.7 Å². The Balaban J connectivity index is 1.47. The Morgan fingerprint density at radius 2 is 1.71 bits per heavy atom. The third-order valence-electron chi connectivity index (χ3n) is 4.48. The highest BCUT2D eigenvalue weighted by Gasteiger charge is 2.24. The van der Waals surface area contributed by atoms with Crippen LogP contribution in [0.2, 0.25) is 5.02 Å². The summed E-state index contributed by atoms with van der Waals surface area (Å²) in [4.78, 5) is 16.5. The molecule has 28 heavy (non-hydrogen) atoms. The maximum Gasteiger partial charge on any atom is 0.387 e. The van der Waals surface area contributed by atoms with Gasteiger partial charge in [0, 0.05) is 37.7 Å². The van der Waals surface area contributed by atoms with Crippen LogP contribution in [0.15, 0.2) is 48.5 Å². The Labute approximate surface area is 167 Å². The quantitative estimate of drug-likeness (QED) is 0.696. The van der Waals surface area contributed by atoms with E-state index in [1.807, 2.05) is 12.1 Å². The lowest BCUT2D eigenvalue weighted by Crippen LogP contribution is -2.49. The highest BCUT2D eigenvalue weighted by molar-refractivity contribution is 6.30. The molecule has 1 amide bonds. The molecule has 1 fully saturated rings. The number of halogens is 3. The second-order valence-corrected chi connectivity index (χ2v) is 6.75. The van der Waals surface area contributed by atoms with Crippen molar-refractivity contribution in [3.8, 4) is 11.5 Å². The molecule has 0 bridgehead atoms. The van der Waals surface area contributed by atoms with Gasteiger partial charge in [0.05, 0.1) is 5.56 Å². The van der Waals surface area contributed by atoms with Gasteiger partial charge >= 0.3 is 6.61 Å². The second-order valence-electron chi connectivity index (χ2n) is 6.31. The number of amides is 1. The first-order chi connectivity index (χ1) is 13.5. The highest BCUT2D eigenvalue weighted by Crippen LogP contribution is 2.22. The summed E-state index contributed by atoms with van der Waals surface area (Å²) < 4.78 is 35.2. The Hall–Kier alpha value is -2.38. The number of hydrogen-bond donors (Lipinski definition) is 0. The zero-order chi connectivity index (χ0) is 19.9. The molecule has 8 heteroatoms. The van der Waals surface area contributed by atoms with Crippen LogP contribution >= 0.6 is 11.6 Å². The van der Waals surface area contributed by atoms with Gasteiger partial charge in [-0.25, -0.2) is 0 Å². The zero-order valence-electron chi connectivity index (χ0n) is 15.2. The fourth-order valence-corrected chi connectivity index (χ4v) is 3.14. The van der Waals surface area contributed by atoms with Crippen molar-refractivity contribution in [2.45, 2.75) is 6.61 Å². The predicted molar refractivity (Wildman–Crippen MR) is 102 cm³/mol. The predicted octanol–water partition coefficient (Wildman–Crippen LogP) is 3.78. The van der Waals surface area contributed by atoms with Crippen LogP contribution in [0.5, 0.6) is 11.5 Å². The van der Waals surface area contributed by atoms with Crippen LogP contribution in [-0.4, -0.2) is 61.6 Å². The van der Waals surface area contributed by atoms with E-state index in [1.54, 1.807) is 29.2 Å². The summed E-state index contributed by atoms with van der Waals surface area (Å²) in [5, 5.41) is 0.661. The van der Waals surface area contributed by atoms with Gasteiger partial charge in [0.1, 0.15) is 18.1 Å². The van der Waals surface area contributed by atoms with E-state index < -0.39 is 6.61 Å². The molecule has 1 heterocycles. The third kappa shape index (κ3) is 5.56. The van der Waals surface area contributed by atoms with Crippen molar-refractivity contribution in [3.05, 3.63) is 59.1 Å². The van der Waals surface area contributed by atoms with Gasteiger partial charge in [-0.15, -0.1) is 0 Å². The Morgan fingerprint density at radius 3 is 2.39 bits per heavy atom. The maximum absolute atomic E-state index is 12.7. The number of rotatable bonds is 7. The standard InChI is InChI=1S/C20H21ClF2N2O3/c21-15-5-7-16(8-6-15)27-14-13-24-9-11-25(12-10-24)19(26)17-3-1-2-4-18(17)28-20(22)23/h1-8,20H,9-14H2. The third-order valence-corrected chi connectivity index (χ3v) is 4.73. The molecule has 1 aliphatic rings. The lowest BCUT2D eigenvalue weighted by atomic mass is 10.1. The number of carbonyl (C=O) groups excluding carboxylic acids is 1. The summed E-state index contributed by atoms with van der Waals surface area (Å²) in [7, 11) is 0. The highest BCUT2D eigenvalue weighted by atomic mass is 35.5. The van der Waals surface area contributed by atoms with Gasteiger partial charge in [0.2, 0.25) is 0 Å². The molecule has 1 saturated heterocycles. The molecular weight excluding hydrogens is 390 g/mol. The summed E-state index contributed by atoms with van der Waals surface area (Å²) in [6.07, 6.45) is 0. The van der Waals surface area contributed by atoms with Crippen molar-refractivity contribution in [3.63, 3.8) is 0 Å². The number of alkyl halides is 2. The van der Waals surface area contributed by atoms with Crippen molar-refractivity contribution in [2.24, 2.45) is 0 Å². The van der Waals surface area contributed by atoms with Crippen LogP contribution in [0.25, 0.3) is 0 Å². The first-order valence-electron chi connectivity index (χ1n) is 8.97. The van der Waals surface area contributed by atoms with Crippen LogP contribution in [0.3, 0.4) is 0 Å². The van der Waals surface area contributed by atoms with E-state index in [2.05, 4.69) is 9.64 Å². The molecule has 0 aliphatic carbocycles. The van der Waals surface area contributed by atoms with E-state index in [0.717, 1.165) is 12.3 Å². The van der Waals surface area contributed by atoms with Gasteiger partial charge in [-0.3, -0.25) is 9.69 Å². The summed E-state index contributed by atoms with van der Waals surface area (Å²) in [6, 6.07) is 13.3. The molecule has 150 valence electrons. The van der Waals surface area contributed by atoms with Gasteiger partial charge in [-0.05, 0) is 36.4 Å². The SMILES string of the molecule is O=C(c1ccccc1OC(F)F)N1CCN(CCOc2ccc(Cl)cc2)CC1. The molecule has 2 aromatic carbocycles. The molecule has 0 atom stereocenters. The van der Waals surface area contributed by atoms with Crippen molar-refractivity contribution < 1.29 is 23.0 Å². The molecule has 1 aliphatic heterocycles. The Bertz CT molecular complexity index is 781. The minimum absolute atomic E-state index is 0.0960. The normalized spacial score (nSPS) is 14.9. The van der Waals surface area contributed by atoms with Crippen LogP contribution in [0.4, 0.5) is 8.78 Å². The molecule has 5 nitrogen and oxygen atoms in total. The van der Waals surface area contributed by atoms with Crippen LogP contribution in [-0.2, 0) is 0 Å². The van der Waals surface area contributed by atoms with Crippen molar-refractivity contribution >= 4 is 17.5 Å². The number of hydrogen-bond acceptors (Lipinski definition) is 4. The molecule has 0 spiro atoms. The lowest BCUT2D eigenvalue weighted by Gasteiger charge is -2.34. The number of nitrogens with zero attached hydrogens (tertiary/aromatic N) is 2. The van der Waals surface area contributed by atoms with Gasteiger partial charge < -0.3 is 14.4 Å². The monoisotopic (exact) mass is 410 g/mol. The van der Waals surface area contributed by atoms with E-state index in [4.69, 9.17) is 16.3 Å². The molecule has 0 radical (unpaired) electrons.